The standard InChI is InChI=1S/C15H13IN2O2/c1-20-12-8-6-11(7-9-12)10-17-18-15(19)13-4-2-3-5-14(13)16/h2-10H,1H3,(H,18,19). The van der Waals surface area contributed by atoms with Gasteiger partial charge in [0.15, 0.2) is 0 Å². The van der Waals surface area contributed by atoms with Crippen molar-refractivity contribution in [3.63, 3.8) is 0 Å². The molecule has 102 valence electrons. The van der Waals surface area contributed by atoms with E-state index in [0.29, 0.717) is 5.56 Å². The lowest BCUT2D eigenvalue weighted by atomic mass is 10.2. The molecule has 5 heteroatoms. The topological polar surface area (TPSA) is 50.7 Å². The Morgan fingerprint density at radius 3 is 2.55 bits per heavy atom. The van der Waals surface area contributed by atoms with Gasteiger partial charge in [-0.1, -0.05) is 12.1 Å². The molecular weight excluding hydrogens is 367 g/mol. The van der Waals surface area contributed by atoms with Gasteiger partial charge in [-0.15, -0.1) is 0 Å². The zero-order chi connectivity index (χ0) is 14.4. The zero-order valence-corrected chi connectivity index (χ0v) is 13.0. The van der Waals surface area contributed by atoms with E-state index >= 15 is 0 Å². The lowest BCUT2D eigenvalue weighted by molar-refractivity contribution is 0.0954. The van der Waals surface area contributed by atoms with Gasteiger partial charge in [-0.25, -0.2) is 5.43 Å². The summed E-state index contributed by atoms with van der Waals surface area (Å²) in [5.74, 6) is 0.560. The number of halogens is 1. The van der Waals surface area contributed by atoms with E-state index in [9.17, 15) is 4.79 Å². The first-order chi connectivity index (χ1) is 9.70. The van der Waals surface area contributed by atoms with E-state index in [1.807, 2.05) is 42.5 Å². The predicted octanol–water partition coefficient (Wildman–Crippen LogP) is 3.06. The smallest absolute Gasteiger partial charge is 0.272 e. The average Bonchev–Trinajstić information content (AvgIpc) is 2.48. The highest BCUT2D eigenvalue weighted by Crippen LogP contribution is 2.11. The summed E-state index contributed by atoms with van der Waals surface area (Å²) in [6.45, 7) is 0. The van der Waals surface area contributed by atoms with Crippen LogP contribution < -0.4 is 10.2 Å². The van der Waals surface area contributed by atoms with Crippen LogP contribution in [0, 0.1) is 3.57 Å². The molecule has 0 unspecified atom stereocenters. The second-order valence-electron chi connectivity index (χ2n) is 3.95. The predicted molar refractivity (Wildman–Crippen MR) is 87.2 cm³/mol. The molecule has 2 aromatic rings. The number of amides is 1. The fourth-order valence-electron chi connectivity index (χ4n) is 1.56. The van der Waals surface area contributed by atoms with Crippen molar-refractivity contribution in [1.82, 2.24) is 5.43 Å². The number of nitrogens with zero attached hydrogens (tertiary/aromatic N) is 1. The summed E-state index contributed by atoms with van der Waals surface area (Å²) in [5, 5.41) is 3.95. The van der Waals surface area contributed by atoms with Crippen molar-refractivity contribution in [2.75, 3.05) is 7.11 Å². The largest absolute Gasteiger partial charge is 0.497 e. The van der Waals surface area contributed by atoms with Crippen LogP contribution in [-0.4, -0.2) is 19.2 Å². The average molecular weight is 380 g/mol. The third-order valence-corrected chi connectivity index (χ3v) is 3.55. The Labute approximate surface area is 131 Å². The van der Waals surface area contributed by atoms with Crippen LogP contribution in [0.25, 0.3) is 0 Å². The van der Waals surface area contributed by atoms with E-state index in [4.69, 9.17) is 4.74 Å². The molecule has 2 rings (SSSR count). The summed E-state index contributed by atoms with van der Waals surface area (Å²) in [6.07, 6.45) is 1.59. The number of ether oxygens (including phenoxy) is 1. The Morgan fingerprint density at radius 1 is 1.20 bits per heavy atom. The monoisotopic (exact) mass is 380 g/mol. The summed E-state index contributed by atoms with van der Waals surface area (Å²) in [7, 11) is 1.62. The molecule has 0 heterocycles. The molecule has 0 saturated carbocycles. The van der Waals surface area contributed by atoms with Gasteiger partial charge in [0.1, 0.15) is 5.75 Å². The molecule has 0 aromatic heterocycles. The highest BCUT2D eigenvalue weighted by atomic mass is 127. The Bertz CT molecular complexity index is 624. The fourth-order valence-corrected chi connectivity index (χ4v) is 2.19. The van der Waals surface area contributed by atoms with E-state index in [1.54, 1.807) is 19.4 Å². The molecule has 0 aliphatic rings. The Balaban J connectivity index is 1.99. The minimum absolute atomic E-state index is 0.222. The highest BCUT2D eigenvalue weighted by Gasteiger charge is 2.07. The van der Waals surface area contributed by atoms with Crippen molar-refractivity contribution >= 4 is 34.7 Å². The van der Waals surface area contributed by atoms with Gasteiger partial charge >= 0.3 is 0 Å². The number of methoxy groups -OCH3 is 1. The number of rotatable bonds is 4. The summed E-state index contributed by atoms with van der Waals surface area (Å²) in [4.78, 5) is 11.9. The number of carbonyl (C=O) groups is 1. The third kappa shape index (κ3) is 3.80. The van der Waals surface area contributed by atoms with Gasteiger partial charge in [0.25, 0.3) is 5.91 Å². The van der Waals surface area contributed by atoms with Crippen LogP contribution in [0.2, 0.25) is 0 Å². The van der Waals surface area contributed by atoms with Crippen molar-refractivity contribution in [3.8, 4) is 5.75 Å². The van der Waals surface area contributed by atoms with Crippen LogP contribution >= 0.6 is 22.6 Å². The molecule has 0 radical (unpaired) electrons. The highest BCUT2D eigenvalue weighted by molar-refractivity contribution is 14.1. The molecule has 4 nitrogen and oxygen atoms in total. The minimum atomic E-state index is -0.222. The summed E-state index contributed by atoms with van der Waals surface area (Å²) in [5.41, 5.74) is 4.01. The van der Waals surface area contributed by atoms with Crippen LogP contribution in [-0.2, 0) is 0 Å². The maximum Gasteiger partial charge on any atom is 0.272 e. The van der Waals surface area contributed by atoms with Crippen LogP contribution in [0.15, 0.2) is 53.6 Å². The number of hydrogen-bond acceptors (Lipinski definition) is 3. The van der Waals surface area contributed by atoms with Crippen molar-refractivity contribution in [1.29, 1.82) is 0 Å². The van der Waals surface area contributed by atoms with Crippen molar-refractivity contribution in [2.24, 2.45) is 5.10 Å². The molecule has 0 atom stereocenters. The first-order valence-corrected chi connectivity index (χ1v) is 7.00. The van der Waals surface area contributed by atoms with Crippen molar-refractivity contribution in [2.45, 2.75) is 0 Å². The number of hydrazone groups is 1. The molecule has 20 heavy (non-hydrogen) atoms. The number of nitrogens with one attached hydrogen (secondary N) is 1. The van der Waals surface area contributed by atoms with Crippen LogP contribution in [0.5, 0.6) is 5.75 Å². The Morgan fingerprint density at radius 2 is 1.90 bits per heavy atom. The molecule has 1 amide bonds. The number of benzene rings is 2. The molecule has 0 spiro atoms. The quantitative estimate of drug-likeness (QED) is 0.504. The van der Waals surface area contributed by atoms with Crippen LogP contribution in [0.1, 0.15) is 15.9 Å². The third-order valence-electron chi connectivity index (χ3n) is 2.61. The lowest BCUT2D eigenvalue weighted by Crippen LogP contribution is -2.18. The first-order valence-electron chi connectivity index (χ1n) is 5.92. The normalized spacial score (nSPS) is 10.5. The summed E-state index contributed by atoms with van der Waals surface area (Å²) in [6, 6.07) is 14.8. The van der Waals surface area contributed by atoms with E-state index < -0.39 is 0 Å². The molecule has 0 saturated heterocycles. The molecule has 0 fully saturated rings. The van der Waals surface area contributed by atoms with Gasteiger partial charge < -0.3 is 4.74 Å². The van der Waals surface area contributed by atoms with Gasteiger partial charge in [0, 0.05) is 3.57 Å². The van der Waals surface area contributed by atoms with Gasteiger partial charge in [-0.05, 0) is 64.6 Å². The lowest BCUT2D eigenvalue weighted by Gasteiger charge is -2.02. The van der Waals surface area contributed by atoms with E-state index in [1.165, 1.54) is 0 Å². The second-order valence-corrected chi connectivity index (χ2v) is 5.11. The number of hydrogen-bond donors (Lipinski definition) is 1. The molecule has 1 N–H and O–H groups in total. The molecular formula is C15H13IN2O2. The second kappa shape index (κ2) is 7.04. The SMILES string of the molecule is COc1ccc(C=NNC(=O)c2ccccc2I)cc1. The summed E-state index contributed by atoms with van der Waals surface area (Å²) >= 11 is 2.12. The molecule has 0 bridgehead atoms. The van der Waals surface area contributed by atoms with Crippen molar-refractivity contribution in [3.05, 3.63) is 63.2 Å². The van der Waals surface area contributed by atoms with Gasteiger partial charge in [0.05, 0.1) is 18.9 Å². The Hall–Kier alpha value is -1.89. The molecule has 0 aliphatic carbocycles. The Kier molecular flexibility index (Phi) is 5.11. The van der Waals surface area contributed by atoms with E-state index in [-0.39, 0.29) is 5.91 Å². The summed E-state index contributed by atoms with van der Waals surface area (Å²) < 4.78 is 5.96. The molecule has 0 aliphatic heterocycles. The van der Waals surface area contributed by atoms with E-state index in [2.05, 4.69) is 33.1 Å². The first kappa shape index (κ1) is 14.5. The minimum Gasteiger partial charge on any atom is -0.497 e. The van der Waals surface area contributed by atoms with Gasteiger partial charge in [-0.2, -0.15) is 5.10 Å². The van der Waals surface area contributed by atoms with E-state index in [0.717, 1.165) is 14.9 Å². The van der Waals surface area contributed by atoms with Gasteiger partial charge in [-0.3, -0.25) is 4.79 Å². The number of carbonyl (C=O) groups excluding carboxylic acids is 1. The van der Waals surface area contributed by atoms with Crippen molar-refractivity contribution < 1.29 is 9.53 Å². The maximum atomic E-state index is 11.9. The van der Waals surface area contributed by atoms with Crippen LogP contribution in [0.4, 0.5) is 0 Å². The maximum absolute atomic E-state index is 11.9. The van der Waals surface area contributed by atoms with Crippen LogP contribution in [0.3, 0.4) is 0 Å². The van der Waals surface area contributed by atoms with Gasteiger partial charge in [0.2, 0.25) is 0 Å². The fraction of sp³-hybridized carbons (Fsp3) is 0.0667. The zero-order valence-electron chi connectivity index (χ0n) is 10.8. The molecule has 2 aromatic carbocycles.